The van der Waals surface area contributed by atoms with Crippen LogP contribution < -0.4 is 9.64 Å². The lowest BCUT2D eigenvalue weighted by molar-refractivity contribution is -0.140. The second-order valence-corrected chi connectivity index (χ2v) is 11.1. The van der Waals surface area contributed by atoms with Gasteiger partial charge in [-0.15, -0.1) is 0 Å². The van der Waals surface area contributed by atoms with E-state index >= 15 is 0 Å². The molecule has 2 heterocycles. The van der Waals surface area contributed by atoms with Crippen LogP contribution in [0.15, 0.2) is 84.1 Å². The maximum absolute atomic E-state index is 13.4. The van der Waals surface area contributed by atoms with Crippen LogP contribution >= 0.6 is 11.6 Å². The van der Waals surface area contributed by atoms with Crippen molar-refractivity contribution in [2.24, 2.45) is 0 Å². The number of para-hydroxylation sites is 2. The van der Waals surface area contributed by atoms with E-state index in [0.29, 0.717) is 48.0 Å². The largest absolute Gasteiger partial charge is 0.495 e. The molecule has 0 radical (unpaired) electrons. The molecular weight excluding hydrogens is 566 g/mol. The Balaban J connectivity index is 1.28. The Hall–Kier alpha value is -4.30. The van der Waals surface area contributed by atoms with Gasteiger partial charge < -0.3 is 24.2 Å². The van der Waals surface area contributed by atoms with Crippen molar-refractivity contribution in [3.63, 3.8) is 0 Å². The van der Waals surface area contributed by atoms with E-state index in [1.54, 1.807) is 50.1 Å². The van der Waals surface area contributed by atoms with Crippen LogP contribution in [0.5, 0.6) is 5.75 Å². The summed E-state index contributed by atoms with van der Waals surface area (Å²) in [5.41, 5.74) is 4.31. The molecule has 1 atom stereocenters. The predicted octanol–water partition coefficient (Wildman–Crippen LogP) is 5.66. The average molecular weight is 602 g/mol. The normalized spacial score (nSPS) is 17.3. The predicted molar refractivity (Wildman–Crippen MR) is 166 cm³/mol. The highest BCUT2D eigenvalue weighted by Crippen LogP contribution is 2.38. The number of carbonyl (C=O) groups is 3. The standard InChI is InChI=1S/C34H36ClN3O5/c1-4-43-34(41)32-23(2)38(31(39)21-28(32)26-8-7-9-27(35)20-26)22-24-12-14-25(15-13-24)33(40)37-18-16-36(17-19-37)29-10-5-6-11-30(29)42-3/h5-15,20,28H,4,16-19,21-22H2,1-3H3. The number of piperazine rings is 1. The van der Waals surface area contributed by atoms with Crippen molar-refractivity contribution in [1.82, 2.24) is 9.80 Å². The zero-order valence-electron chi connectivity index (χ0n) is 24.7. The number of ether oxygens (including phenoxy) is 2. The SMILES string of the molecule is CCOC(=O)C1=C(C)N(Cc2ccc(C(=O)N3CCN(c4ccccc4OC)CC3)cc2)C(=O)CC1c1cccc(Cl)c1. The molecule has 5 rings (SSSR count). The summed E-state index contributed by atoms with van der Waals surface area (Å²) >= 11 is 6.23. The van der Waals surface area contributed by atoms with Crippen molar-refractivity contribution in [1.29, 1.82) is 0 Å². The second kappa shape index (κ2) is 13.3. The van der Waals surface area contributed by atoms with Crippen LogP contribution in [0.3, 0.4) is 0 Å². The average Bonchev–Trinajstić information content (AvgIpc) is 3.03. The Labute approximate surface area is 257 Å². The van der Waals surface area contributed by atoms with Crippen molar-refractivity contribution < 1.29 is 23.9 Å². The van der Waals surface area contributed by atoms with E-state index in [-0.39, 0.29) is 31.4 Å². The first kappa shape index (κ1) is 30.2. The molecule has 0 spiro atoms. The fraction of sp³-hybridized carbons (Fsp3) is 0.324. The third-order valence-corrected chi connectivity index (χ3v) is 8.34. The molecule has 8 nitrogen and oxygen atoms in total. The zero-order chi connectivity index (χ0) is 30.5. The van der Waals surface area contributed by atoms with Gasteiger partial charge >= 0.3 is 5.97 Å². The topological polar surface area (TPSA) is 79.4 Å². The third kappa shape index (κ3) is 6.54. The minimum absolute atomic E-state index is 0.0229. The summed E-state index contributed by atoms with van der Waals surface area (Å²) in [6.45, 7) is 6.70. The summed E-state index contributed by atoms with van der Waals surface area (Å²) < 4.78 is 10.9. The number of halogens is 1. The van der Waals surface area contributed by atoms with E-state index in [2.05, 4.69) is 4.90 Å². The Morgan fingerprint density at radius 1 is 0.953 bits per heavy atom. The molecule has 3 aromatic carbocycles. The number of carbonyl (C=O) groups excluding carboxylic acids is 3. The maximum atomic E-state index is 13.4. The molecule has 2 aliphatic rings. The van der Waals surface area contributed by atoms with Crippen molar-refractivity contribution in [2.75, 3.05) is 44.8 Å². The lowest BCUT2D eigenvalue weighted by Gasteiger charge is -2.36. The Bertz CT molecular complexity index is 1530. The van der Waals surface area contributed by atoms with E-state index in [4.69, 9.17) is 21.1 Å². The van der Waals surface area contributed by atoms with Gasteiger partial charge in [0.05, 0.1) is 31.5 Å². The van der Waals surface area contributed by atoms with Crippen LogP contribution in [0.1, 0.15) is 47.7 Å². The maximum Gasteiger partial charge on any atom is 0.336 e. The minimum Gasteiger partial charge on any atom is -0.495 e. The van der Waals surface area contributed by atoms with Gasteiger partial charge in [0.1, 0.15) is 5.75 Å². The van der Waals surface area contributed by atoms with Crippen molar-refractivity contribution in [2.45, 2.75) is 32.7 Å². The molecule has 2 aliphatic heterocycles. The molecule has 1 fully saturated rings. The van der Waals surface area contributed by atoms with Gasteiger partial charge in [-0.1, -0.05) is 48.0 Å². The summed E-state index contributed by atoms with van der Waals surface area (Å²) in [7, 11) is 1.66. The molecule has 0 saturated carbocycles. The number of hydrogen-bond donors (Lipinski definition) is 0. The number of nitrogens with zero attached hydrogens (tertiary/aromatic N) is 3. The molecule has 43 heavy (non-hydrogen) atoms. The van der Waals surface area contributed by atoms with Crippen LogP contribution in [0.25, 0.3) is 0 Å². The van der Waals surface area contributed by atoms with Gasteiger partial charge in [-0.25, -0.2) is 4.79 Å². The smallest absolute Gasteiger partial charge is 0.336 e. The fourth-order valence-electron chi connectivity index (χ4n) is 5.84. The Morgan fingerprint density at radius 3 is 2.35 bits per heavy atom. The highest BCUT2D eigenvalue weighted by Gasteiger charge is 2.37. The van der Waals surface area contributed by atoms with Gasteiger partial charge in [-0.3, -0.25) is 9.59 Å². The number of allylic oxidation sites excluding steroid dienone is 1. The number of benzene rings is 3. The minimum atomic E-state index is -0.440. The van der Waals surface area contributed by atoms with E-state index in [1.165, 1.54) is 0 Å². The Morgan fingerprint density at radius 2 is 1.67 bits per heavy atom. The Kier molecular flexibility index (Phi) is 9.36. The lowest BCUT2D eigenvalue weighted by atomic mass is 9.83. The number of hydrogen-bond acceptors (Lipinski definition) is 6. The monoisotopic (exact) mass is 601 g/mol. The first-order valence-electron chi connectivity index (χ1n) is 14.5. The van der Waals surface area contributed by atoms with Crippen molar-refractivity contribution in [3.05, 3.63) is 106 Å². The lowest BCUT2D eigenvalue weighted by Crippen LogP contribution is -2.48. The van der Waals surface area contributed by atoms with Crippen LogP contribution in [-0.4, -0.2) is 67.5 Å². The highest BCUT2D eigenvalue weighted by atomic mass is 35.5. The molecule has 0 bridgehead atoms. The number of anilines is 1. The molecule has 0 N–H and O–H groups in total. The van der Waals surface area contributed by atoms with Gasteiger partial charge in [0, 0.05) is 54.8 Å². The number of esters is 1. The fourth-order valence-corrected chi connectivity index (χ4v) is 6.04. The van der Waals surface area contributed by atoms with E-state index < -0.39 is 11.9 Å². The summed E-state index contributed by atoms with van der Waals surface area (Å²) in [6, 6.07) is 22.5. The molecular formula is C34H36ClN3O5. The van der Waals surface area contributed by atoms with E-state index in [0.717, 1.165) is 22.6 Å². The zero-order valence-corrected chi connectivity index (χ0v) is 25.5. The van der Waals surface area contributed by atoms with Crippen molar-refractivity contribution >= 4 is 35.1 Å². The first-order chi connectivity index (χ1) is 20.8. The molecule has 9 heteroatoms. The molecule has 3 aromatic rings. The first-order valence-corrected chi connectivity index (χ1v) is 14.9. The van der Waals surface area contributed by atoms with Crippen molar-refractivity contribution in [3.8, 4) is 5.75 Å². The van der Waals surface area contributed by atoms with E-state index in [9.17, 15) is 14.4 Å². The molecule has 0 aliphatic carbocycles. The molecule has 1 saturated heterocycles. The van der Waals surface area contributed by atoms with Gasteiger partial charge in [0.2, 0.25) is 5.91 Å². The van der Waals surface area contributed by atoms with Crippen LogP contribution in [0, 0.1) is 0 Å². The third-order valence-electron chi connectivity index (χ3n) is 8.10. The van der Waals surface area contributed by atoms with Gasteiger partial charge in [-0.2, -0.15) is 0 Å². The summed E-state index contributed by atoms with van der Waals surface area (Å²) in [6.07, 6.45) is 0.128. The highest BCUT2D eigenvalue weighted by molar-refractivity contribution is 6.30. The van der Waals surface area contributed by atoms with Gasteiger partial charge in [-0.05, 0) is 61.4 Å². The van der Waals surface area contributed by atoms with Crippen LogP contribution in [0.4, 0.5) is 5.69 Å². The number of methoxy groups -OCH3 is 1. The summed E-state index contributed by atoms with van der Waals surface area (Å²) in [5, 5.41) is 0.543. The second-order valence-electron chi connectivity index (χ2n) is 10.7. The van der Waals surface area contributed by atoms with Gasteiger partial charge in [0.25, 0.3) is 5.91 Å². The molecule has 0 aromatic heterocycles. The summed E-state index contributed by atoms with van der Waals surface area (Å²) in [5.74, 6) is -0.169. The number of rotatable bonds is 8. The summed E-state index contributed by atoms with van der Waals surface area (Å²) in [4.78, 5) is 45.5. The quantitative estimate of drug-likeness (QED) is 0.310. The van der Waals surface area contributed by atoms with Crippen LogP contribution in [0.2, 0.25) is 5.02 Å². The molecule has 2 amide bonds. The van der Waals surface area contributed by atoms with Crippen LogP contribution in [-0.2, 0) is 20.9 Å². The number of amides is 2. The molecule has 224 valence electrons. The van der Waals surface area contributed by atoms with E-state index in [1.807, 2.05) is 53.4 Å². The molecule has 1 unspecified atom stereocenters. The van der Waals surface area contributed by atoms with Gasteiger partial charge in [0.15, 0.2) is 0 Å².